The number of H-pyrrole nitrogens is 1. The van der Waals surface area contributed by atoms with E-state index >= 15 is 0 Å². The lowest BCUT2D eigenvalue weighted by Crippen LogP contribution is -2.08. The summed E-state index contributed by atoms with van der Waals surface area (Å²) in [5.41, 5.74) is 5.00. The molecule has 1 atom stereocenters. The molecular formula is C15H16N2S2. The Labute approximate surface area is 121 Å². The predicted octanol–water partition coefficient (Wildman–Crippen LogP) is 4.87. The van der Waals surface area contributed by atoms with Gasteiger partial charge >= 0.3 is 0 Å². The van der Waals surface area contributed by atoms with Crippen molar-refractivity contribution in [3.05, 3.63) is 50.9 Å². The Hall–Kier alpha value is -1.39. The maximum Gasteiger partial charge on any atom is 0.178 e. The highest BCUT2D eigenvalue weighted by atomic mass is 32.1. The molecule has 1 aromatic carbocycles. The van der Waals surface area contributed by atoms with Gasteiger partial charge in [-0.3, -0.25) is 0 Å². The van der Waals surface area contributed by atoms with E-state index in [1.807, 2.05) is 0 Å². The maximum absolute atomic E-state index is 5.49. The first-order chi connectivity index (χ1) is 9.16. The number of thiophene rings is 1. The number of benzene rings is 1. The molecule has 2 nitrogen and oxygen atoms in total. The largest absolute Gasteiger partial charge is 0.331 e. The summed E-state index contributed by atoms with van der Waals surface area (Å²) in [4.78, 5) is 3.31. The van der Waals surface area contributed by atoms with Crippen LogP contribution in [0.3, 0.4) is 0 Å². The SMILES string of the molecule is Cc1cccc2[nH]c(=S)n(C(C)Cc3ccsc3)c12. The van der Waals surface area contributed by atoms with Gasteiger partial charge in [0.25, 0.3) is 0 Å². The first-order valence-electron chi connectivity index (χ1n) is 6.37. The summed E-state index contributed by atoms with van der Waals surface area (Å²) in [7, 11) is 0. The fraction of sp³-hybridized carbons (Fsp3) is 0.267. The molecule has 0 saturated carbocycles. The van der Waals surface area contributed by atoms with Gasteiger partial charge in [-0.15, -0.1) is 0 Å². The number of aromatic nitrogens is 2. The van der Waals surface area contributed by atoms with Gasteiger partial charge in [-0.1, -0.05) is 12.1 Å². The Morgan fingerprint density at radius 3 is 2.95 bits per heavy atom. The number of hydrogen-bond donors (Lipinski definition) is 1. The van der Waals surface area contributed by atoms with Gasteiger partial charge < -0.3 is 9.55 Å². The van der Waals surface area contributed by atoms with Gasteiger partial charge in [0.2, 0.25) is 0 Å². The molecule has 2 heterocycles. The summed E-state index contributed by atoms with van der Waals surface area (Å²) >= 11 is 7.24. The van der Waals surface area contributed by atoms with E-state index in [9.17, 15) is 0 Å². The highest BCUT2D eigenvalue weighted by molar-refractivity contribution is 7.71. The molecule has 0 radical (unpaired) electrons. The van der Waals surface area contributed by atoms with Crippen molar-refractivity contribution < 1.29 is 0 Å². The fourth-order valence-corrected chi connectivity index (χ4v) is 3.68. The van der Waals surface area contributed by atoms with Crippen LogP contribution in [0, 0.1) is 11.7 Å². The Morgan fingerprint density at radius 2 is 2.21 bits per heavy atom. The molecule has 1 unspecified atom stereocenters. The zero-order valence-corrected chi connectivity index (χ0v) is 12.6. The molecule has 1 N–H and O–H groups in total. The van der Waals surface area contributed by atoms with Crippen molar-refractivity contribution in [1.82, 2.24) is 9.55 Å². The van der Waals surface area contributed by atoms with E-state index in [-0.39, 0.29) is 0 Å². The van der Waals surface area contributed by atoms with E-state index in [4.69, 9.17) is 12.2 Å². The van der Waals surface area contributed by atoms with Crippen LogP contribution < -0.4 is 0 Å². The molecular weight excluding hydrogens is 272 g/mol. The van der Waals surface area contributed by atoms with Crippen molar-refractivity contribution in [1.29, 1.82) is 0 Å². The number of para-hydroxylation sites is 1. The van der Waals surface area contributed by atoms with Crippen LogP contribution in [-0.4, -0.2) is 9.55 Å². The highest BCUT2D eigenvalue weighted by Crippen LogP contribution is 2.25. The van der Waals surface area contributed by atoms with Crippen LogP contribution in [0.25, 0.3) is 11.0 Å². The third kappa shape index (κ3) is 2.26. The number of nitrogens with zero attached hydrogens (tertiary/aromatic N) is 1. The second-order valence-electron chi connectivity index (χ2n) is 4.96. The van der Waals surface area contributed by atoms with Gasteiger partial charge in [0.1, 0.15) is 0 Å². The lowest BCUT2D eigenvalue weighted by molar-refractivity contribution is 0.553. The van der Waals surface area contributed by atoms with Gasteiger partial charge in [0.05, 0.1) is 11.0 Å². The van der Waals surface area contributed by atoms with E-state index < -0.39 is 0 Å². The average Bonchev–Trinajstić information content (AvgIpc) is 2.96. The summed E-state index contributed by atoms with van der Waals surface area (Å²) in [6, 6.07) is 8.84. The first-order valence-corrected chi connectivity index (χ1v) is 7.73. The molecule has 0 fully saturated rings. The number of fused-ring (bicyclic) bond motifs is 1. The standard InChI is InChI=1S/C15H16N2S2/c1-10-4-3-5-13-14(10)17(15(18)16-13)11(2)8-12-6-7-19-9-12/h3-7,9,11H,8H2,1-2H3,(H,16,18). The van der Waals surface area contributed by atoms with E-state index in [1.165, 1.54) is 16.6 Å². The van der Waals surface area contributed by atoms with Crippen LogP contribution in [0.4, 0.5) is 0 Å². The Bertz CT molecular complexity index is 750. The lowest BCUT2D eigenvalue weighted by atomic mass is 10.1. The topological polar surface area (TPSA) is 20.7 Å². The number of hydrogen-bond acceptors (Lipinski definition) is 2. The van der Waals surface area contributed by atoms with Crippen molar-refractivity contribution in [3.63, 3.8) is 0 Å². The van der Waals surface area contributed by atoms with Crippen LogP contribution >= 0.6 is 23.6 Å². The third-order valence-corrected chi connectivity index (χ3v) is 4.52. The van der Waals surface area contributed by atoms with Crippen LogP contribution in [0.1, 0.15) is 24.1 Å². The quantitative estimate of drug-likeness (QED) is 0.682. The molecule has 4 heteroatoms. The second-order valence-corrected chi connectivity index (χ2v) is 6.12. The van der Waals surface area contributed by atoms with Gasteiger partial charge in [-0.2, -0.15) is 11.3 Å². The Kier molecular flexibility index (Phi) is 3.29. The number of aromatic amines is 1. The summed E-state index contributed by atoms with van der Waals surface area (Å²) in [6.45, 7) is 4.37. The Balaban J connectivity index is 2.09. The van der Waals surface area contributed by atoms with Gasteiger partial charge in [-0.05, 0) is 66.5 Å². The van der Waals surface area contributed by atoms with Gasteiger partial charge in [0.15, 0.2) is 4.77 Å². The summed E-state index contributed by atoms with van der Waals surface area (Å²) in [6.07, 6.45) is 1.01. The first kappa shape index (κ1) is 12.6. The lowest BCUT2D eigenvalue weighted by Gasteiger charge is -2.15. The molecule has 3 aromatic rings. The van der Waals surface area contributed by atoms with Crippen LogP contribution in [-0.2, 0) is 6.42 Å². The number of nitrogens with one attached hydrogen (secondary N) is 1. The minimum absolute atomic E-state index is 0.358. The Morgan fingerprint density at radius 1 is 1.37 bits per heavy atom. The molecule has 0 aliphatic rings. The van der Waals surface area contributed by atoms with Crippen molar-refractivity contribution in [3.8, 4) is 0 Å². The number of rotatable bonds is 3. The zero-order valence-electron chi connectivity index (χ0n) is 11.0. The van der Waals surface area contributed by atoms with Crippen LogP contribution in [0.5, 0.6) is 0 Å². The predicted molar refractivity (Wildman–Crippen MR) is 84.6 cm³/mol. The average molecular weight is 288 g/mol. The monoisotopic (exact) mass is 288 g/mol. The van der Waals surface area contributed by atoms with Crippen molar-refractivity contribution in [2.75, 3.05) is 0 Å². The van der Waals surface area contributed by atoms with Gasteiger partial charge in [-0.25, -0.2) is 0 Å². The minimum Gasteiger partial charge on any atom is -0.331 e. The van der Waals surface area contributed by atoms with E-state index in [0.29, 0.717) is 6.04 Å². The highest BCUT2D eigenvalue weighted by Gasteiger charge is 2.13. The zero-order chi connectivity index (χ0) is 13.4. The molecule has 0 spiro atoms. The summed E-state index contributed by atoms with van der Waals surface area (Å²) < 4.78 is 3.06. The molecule has 0 bridgehead atoms. The normalized spacial score (nSPS) is 12.9. The van der Waals surface area contributed by atoms with E-state index in [1.54, 1.807) is 11.3 Å². The second kappa shape index (κ2) is 4.94. The molecule has 0 saturated heterocycles. The minimum atomic E-state index is 0.358. The molecule has 0 amide bonds. The molecule has 0 aliphatic heterocycles. The molecule has 0 aliphatic carbocycles. The fourth-order valence-electron chi connectivity index (χ4n) is 2.62. The molecule has 98 valence electrons. The summed E-state index contributed by atoms with van der Waals surface area (Å²) in [5.74, 6) is 0. The van der Waals surface area contributed by atoms with Gasteiger partial charge in [0, 0.05) is 6.04 Å². The van der Waals surface area contributed by atoms with E-state index in [0.717, 1.165) is 16.7 Å². The number of aryl methyl sites for hydroxylation is 1. The molecule has 3 rings (SSSR count). The molecule has 19 heavy (non-hydrogen) atoms. The van der Waals surface area contributed by atoms with Crippen molar-refractivity contribution >= 4 is 34.6 Å². The summed E-state index contributed by atoms with van der Waals surface area (Å²) in [5, 5.41) is 4.34. The molecule has 2 aromatic heterocycles. The van der Waals surface area contributed by atoms with Crippen molar-refractivity contribution in [2.24, 2.45) is 0 Å². The number of imidazole rings is 1. The van der Waals surface area contributed by atoms with Crippen LogP contribution in [0.2, 0.25) is 0 Å². The van der Waals surface area contributed by atoms with E-state index in [2.05, 4.69) is 58.4 Å². The smallest absolute Gasteiger partial charge is 0.178 e. The third-order valence-electron chi connectivity index (χ3n) is 3.49. The maximum atomic E-state index is 5.49. The van der Waals surface area contributed by atoms with Crippen LogP contribution in [0.15, 0.2) is 35.0 Å². The van der Waals surface area contributed by atoms with Crippen molar-refractivity contribution in [2.45, 2.75) is 26.3 Å².